The number of rotatable bonds is 13. The van der Waals surface area contributed by atoms with E-state index >= 15 is 0 Å². The molecule has 2 heteroatoms. The number of hydrogen-bond donors (Lipinski definition) is 1. The lowest BCUT2D eigenvalue weighted by molar-refractivity contribution is 0.278. The van der Waals surface area contributed by atoms with Gasteiger partial charge in [0.2, 0.25) is 0 Å². The van der Waals surface area contributed by atoms with E-state index in [1.54, 1.807) is 0 Å². The average Bonchev–Trinajstić information content (AvgIpc) is 2.52. The van der Waals surface area contributed by atoms with Gasteiger partial charge in [0.1, 0.15) is 5.75 Å². The van der Waals surface area contributed by atoms with Crippen LogP contribution in [0.4, 0.5) is 0 Å². The maximum atomic E-state index is 5.81. The molecule has 1 aromatic carbocycles. The van der Waals surface area contributed by atoms with Crippen molar-refractivity contribution >= 4 is 0 Å². The Balaban J connectivity index is 2.20. The second-order valence-corrected chi connectivity index (χ2v) is 5.53. The highest BCUT2D eigenvalue weighted by atomic mass is 16.5. The molecule has 0 bridgehead atoms. The minimum atomic E-state index is 0.581. The van der Waals surface area contributed by atoms with Crippen LogP contribution < -0.4 is 10.1 Å². The molecule has 118 valence electrons. The van der Waals surface area contributed by atoms with Crippen LogP contribution in [0.2, 0.25) is 0 Å². The number of para-hydroxylation sites is 1. The molecule has 0 aromatic heterocycles. The lowest BCUT2D eigenvalue weighted by Crippen LogP contribution is -2.31. The third kappa shape index (κ3) is 9.30. The first-order chi connectivity index (χ1) is 10.4. The molecule has 1 rings (SSSR count). The van der Waals surface area contributed by atoms with E-state index in [0.717, 1.165) is 31.7 Å². The molecule has 2 nitrogen and oxygen atoms in total. The number of nitrogens with one attached hydrogen (secondary N) is 1. The lowest BCUT2D eigenvalue weighted by atomic mass is 10.0. The zero-order chi connectivity index (χ0) is 15.2. The summed E-state index contributed by atoms with van der Waals surface area (Å²) < 4.78 is 5.81. The first-order valence-corrected chi connectivity index (χ1v) is 8.39. The highest BCUT2D eigenvalue weighted by Crippen LogP contribution is 2.12. The van der Waals surface area contributed by atoms with Crippen LogP contribution in [0.5, 0.6) is 5.75 Å². The Morgan fingerprint density at radius 2 is 1.95 bits per heavy atom. The van der Waals surface area contributed by atoms with Crippen molar-refractivity contribution in [3.05, 3.63) is 43.0 Å². The Labute approximate surface area is 130 Å². The summed E-state index contributed by atoms with van der Waals surface area (Å²) in [5, 5.41) is 3.65. The first kappa shape index (κ1) is 17.8. The van der Waals surface area contributed by atoms with E-state index in [1.165, 1.54) is 32.1 Å². The van der Waals surface area contributed by atoms with E-state index < -0.39 is 0 Å². The minimum absolute atomic E-state index is 0.581. The molecule has 1 atom stereocenters. The summed E-state index contributed by atoms with van der Waals surface area (Å²) in [6.45, 7) is 7.88. The summed E-state index contributed by atoms with van der Waals surface area (Å²) in [6.07, 6.45) is 10.5. The fraction of sp³-hybridized carbons (Fsp3) is 0.579. The van der Waals surface area contributed by atoms with E-state index in [2.05, 4.69) is 18.8 Å². The van der Waals surface area contributed by atoms with E-state index in [0.29, 0.717) is 6.04 Å². The molecule has 0 aliphatic rings. The molecule has 1 N–H and O–H groups in total. The lowest BCUT2D eigenvalue weighted by Gasteiger charge is -2.18. The van der Waals surface area contributed by atoms with Gasteiger partial charge >= 0.3 is 0 Å². The molecule has 21 heavy (non-hydrogen) atoms. The molecule has 0 fully saturated rings. The van der Waals surface area contributed by atoms with Gasteiger partial charge in [-0.15, -0.1) is 6.58 Å². The SMILES string of the molecule is C=CCCCCCC(CCOc1ccccc1)NCCC. The summed E-state index contributed by atoms with van der Waals surface area (Å²) in [5.74, 6) is 0.970. The predicted octanol–water partition coefficient (Wildman–Crippen LogP) is 4.96. The van der Waals surface area contributed by atoms with Crippen LogP contribution in [0.3, 0.4) is 0 Å². The van der Waals surface area contributed by atoms with Gasteiger partial charge < -0.3 is 10.1 Å². The summed E-state index contributed by atoms with van der Waals surface area (Å²) in [5.41, 5.74) is 0. The van der Waals surface area contributed by atoms with Gasteiger partial charge in [-0.25, -0.2) is 0 Å². The van der Waals surface area contributed by atoms with Crippen LogP contribution in [-0.2, 0) is 0 Å². The number of unbranched alkanes of at least 4 members (excludes halogenated alkanes) is 3. The van der Waals surface area contributed by atoms with Gasteiger partial charge in [0.25, 0.3) is 0 Å². The Kier molecular flexibility index (Phi) is 10.5. The van der Waals surface area contributed by atoms with E-state index in [1.807, 2.05) is 36.4 Å². The zero-order valence-electron chi connectivity index (χ0n) is 13.5. The fourth-order valence-electron chi connectivity index (χ4n) is 2.39. The number of allylic oxidation sites excluding steroid dienone is 1. The van der Waals surface area contributed by atoms with Crippen molar-refractivity contribution in [3.8, 4) is 5.75 Å². The Hall–Kier alpha value is -1.28. The molecule has 0 radical (unpaired) electrons. The zero-order valence-corrected chi connectivity index (χ0v) is 13.5. The van der Waals surface area contributed by atoms with Gasteiger partial charge in [-0.3, -0.25) is 0 Å². The molecule has 0 saturated heterocycles. The van der Waals surface area contributed by atoms with Gasteiger partial charge in [0.05, 0.1) is 6.61 Å². The first-order valence-electron chi connectivity index (χ1n) is 8.39. The molecule has 0 amide bonds. The monoisotopic (exact) mass is 289 g/mol. The van der Waals surface area contributed by atoms with Crippen molar-refractivity contribution < 1.29 is 4.74 Å². The maximum Gasteiger partial charge on any atom is 0.119 e. The number of ether oxygens (including phenoxy) is 1. The quantitative estimate of drug-likeness (QED) is 0.409. The van der Waals surface area contributed by atoms with E-state index in [4.69, 9.17) is 4.74 Å². The molecule has 0 saturated carbocycles. The molecule has 1 aromatic rings. The third-order valence-electron chi connectivity index (χ3n) is 3.62. The molecule has 0 aliphatic carbocycles. The third-order valence-corrected chi connectivity index (χ3v) is 3.62. The molecule has 0 heterocycles. The molecular weight excluding hydrogens is 258 g/mol. The normalized spacial score (nSPS) is 12.0. The second kappa shape index (κ2) is 12.5. The van der Waals surface area contributed by atoms with E-state index in [9.17, 15) is 0 Å². The Morgan fingerprint density at radius 3 is 2.67 bits per heavy atom. The summed E-state index contributed by atoms with van der Waals surface area (Å²) in [6, 6.07) is 10.7. The van der Waals surface area contributed by atoms with Crippen molar-refractivity contribution in [1.29, 1.82) is 0 Å². The van der Waals surface area contributed by atoms with E-state index in [-0.39, 0.29) is 0 Å². The van der Waals surface area contributed by atoms with Crippen molar-refractivity contribution in [2.75, 3.05) is 13.2 Å². The van der Waals surface area contributed by atoms with Crippen LogP contribution in [0.15, 0.2) is 43.0 Å². The smallest absolute Gasteiger partial charge is 0.119 e. The molecule has 0 aliphatic heterocycles. The van der Waals surface area contributed by atoms with Crippen molar-refractivity contribution in [2.24, 2.45) is 0 Å². The van der Waals surface area contributed by atoms with Crippen molar-refractivity contribution in [2.45, 2.75) is 57.9 Å². The maximum absolute atomic E-state index is 5.81. The standard InChI is InChI=1S/C19H31NO/c1-3-5-6-7-9-12-18(20-16-4-2)15-17-21-19-13-10-8-11-14-19/h3,8,10-11,13-14,18,20H,1,4-7,9,12,15-17H2,2H3. The number of hydrogen-bond acceptors (Lipinski definition) is 2. The van der Waals surface area contributed by atoms with Gasteiger partial charge in [0, 0.05) is 6.04 Å². The Bertz CT molecular complexity index is 350. The van der Waals surface area contributed by atoms with Crippen LogP contribution >= 0.6 is 0 Å². The van der Waals surface area contributed by atoms with Gasteiger partial charge in [-0.05, 0) is 50.8 Å². The van der Waals surface area contributed by atoms with Gasteiger partial charge in [-0.1, -0.05) is 44.0 Å². The summed E-state index contributed by atoms with van der Waals surface area (Å²) in [7, 11) is 0. The molecular formula is C19H31NO. The van der Waals surface area contributed by atoms with Crippen LogP contribution in [0, 0.1) is 0 Å². The minimum Gasteiger partial charge on any atom is -0.494 e. The molecule has 0 spiro atoms. The van der Waals surface area contributed by atoms with Crippen molar-refractivity contribution in [3.63, 3.8) is 0 Å². The fourth-order valence-corrected chi connectivity index (χ4v) is 2.39. The predicted molar refractivity (Wildman–Crippen MR) is 91.9 cm³/mol. The van der Waals surface area contributed by atoms with Crippen LogP contribution in [0.25, 0.3) is 0 Å². The van der Waals surface area contributed by atoms with Gasteiger partial charge in [-0.2, -0.15) is 0 Å². The molecule has 1 unspecified atom stereocenters. The van der Waals surface area contributed by atoms with Crippen LogP contribution in [-0.4, -0.2) is 19.2 Å². The highest BCUT2D eigenvalue weighted by Gasteiger charge is 2.07. The summed E-state index contributed by atoms with van der Waals surface area (Å²) in [4.78, 5) is 0. The topological polar surface area (TPSA) is 21.3 Å². The second-order valence-electron chi connectivity index (χ2n) is 5.53. The average molecular weight is 289 g/mol. The largest absolute Gasteiger partial charge is 0.494 e. The van der Waals surface area contributed by atoms with Crippen molar-refractivity contribution in [1.82, 2.24) is 5.32 Å². The van der Waals surface area contributed by atoms with Crippen LogP contribution in [0.1, 0.15) is 51.9 Å². The number of benzene rings is 1. The Morgan fingerprint density at radius 1 is 1.14 bits per heavy atom. The highest BCUT2D eigenvalue weighted by molar-refractivity contribution is 5.20. The van der Waals surface area contributed by atoms with Gasteiger partial charge in [0.15, 0.2) is 0 Å². The summed E-state index contributed by atoms with van der Waals surface area (Å²) >= 11 is 0.